The lowest BCUT2D eigenvalue weighted by molar-refractivity contribution is 0.117. The monoisotopic (exact) mass is 352 g/mol. The number of nitrogens with zero attached hydrogens (tertiary/aromatic N) is 5. The molecular weight excluding hydrogens is 328 g/mol. The Bertz CT molecular complexity index is 797. The summed E-state index contributed by atoms with van der Waals surface area (Å²) in [5.41, 5.74) is 1.11. The molecule has 2 atom stereocenters. The van der Waals surface area contributed by atoms with E-state index in [4.69, 9.17) is 0 Å². The van der Waals surface area contributed by atoms with Crippen LogP contribution in [0.3, 0.4) is 0 Å². The first-order chi connectivity index (χ1) is 11.4. The number of piperidine rings is 1. The maximum absolute atomic E-state index is 12.5. The quantitative estimate of drug-likeness (QED) is 0.848. The van der Waals surface area contributed by atoms with Crippen molar-refractivity contribution in [3.8, 4) is 0 Å². The molecule has 0 radical (unpaired) electrons. The highest BCUT2D eigenvalue weighted by molar-refractivity contribution is 7.89. The van der Waals surface area contributed by atoms with Crippen molar-refractivity contribution in [1.82, 2.24) is 29.0 Å². The number of nitrogens with one attached hydrogen (secondary N) is 1. The Hall–Kier alpha value is -1.71. The molecular formula is C15H24N6O2S. The first-order valence-corrected chi connectivity index (χ1v) is 9.52. The minimum Gasteiger partial charge on any atom is -0.336 e. The van der Waals surface area contributed by atoms with Crippen molar-refractivity contribution < 1.29 is 8.42 Å². The molecule has 1 fully saturated rings. The average Bonchev–Trinajstić information content (AvgIpc) is 3.14. The van der Waals surface area contributed by atoms with Gasteiger partial charge in [-0.05, 0) is 38.4 Å². The van der Waals surface area contributed by atoms with Crippen molar-refractivity contribution in [2.24, 2.45) is 20.0 Å². The zero-order chi connectivity index (χ0) is 17.3. The van der Waals surface area contributed by atoms with E-state index in [1.807, 2.05) is 17.8 Å². The summed E-state index contributed by atoms with van der Waals surface area (Å²) in [5, 5.41) is 4.12. The largest absolute Gasteiger partial charge is 0.336 e. The fourth-order valence-electron chi connectivity index (χ4n) is 3.51. The molecule has 1 saturated heterocycles. The summed E-state index contributed by atoms with van der Waals surface area (Å²) >= 11 is 0. The number of rotatable bonds is 5. The molecule has 2 aromatic rings. The van der Waals surface area contributed by atoms with E-state index in [-0.39, 0.29) is 17.0 Å². The molecule has 2 aromatic heterocycles. The first-order valence-electron chi connectivity index (χ1n) is 8.04. The Balaban J connectivity index is 1.78. The molecule has 1 aliphatic heterocycles. The van der Waals surface area contributed by atoms with E-state index in [1.165, 1.54) is 16.9 Å². The van der Waals surface area contributed by atoms with E-state index >= 15 is 0 Å². The smallest absolute Gasteiger partial charge is 0.257 e. The second-order valence-corrected chi connectivity index (χ2v) is 8.12. The van der Waals surface area contributed by atoms with Crippen molar-refractivity contribution in [1.29, 1.82) is 0 Å². The van der Waals surface area contributed by atoms with Crippen molar-refractivity contribution in [3.05, 3.63) is 30.5 Å². The molecule has 9 heteroatoms. The van der Waals surface area contributed by atoms with E-state index in [9.17, 15) is 8.42 Å². The molecule has 0 spiro atoms. The maximum Gasteiger partial charge on any atom is 0.257 e. The van der Waals surface area contributed by atoms with Gasteiger partial charge in [-0.15, -0.1) is 0 Å². The van der Waals surface area contributed by atoms with Gasteiger partial charge >= 0.3 is 0 Å². The van der Waals surface area contributed by atoms with Crippen molar-refractivity contribution in [2.75, 3.05) is 20.1 Å². The van der Waals surface area contributed by atoms with Crippen LogP contribution in [0.15, 0.2) is 29.8 Å². The Morgan fingerprint density at radius 1 is 1.33 bits per heavy atom. The summed E-state index contributed by atoms with van der Waals surface area (Å²) in [6.07, 6.45) is 7.18. The Labute approximate surface area is 142 Å². The van der Waals surface area contributed by atoms with E-state index < -0.39 is 10.0 Å². The Morgan fingerprint density at radius 2 is 2.12 bits per heavy atom. The highest BCUT2D eigenvalue weighted by atomic mass is 32.2. The van der Waals surface area contributed by atoms with Crippen LogP contribution >= 0.6 is 0 Å². The topological polar surface area (TPSA) is 85.1 Å². The molecule has 24 heavy (non-hydrogen) atoms. The summed E-state index contributed by atoms with van der Waals surface area (Å²) < 4.78 is 31.1. The van der Waals surface area contributed by atoms with Gasteiger partial charge in [0.05, 0.1) is 24.3 Å². The predicted molar refractivity (Wildman–Crippen MR) is 89.7 cm³/mol. The fourth-order valence-corrected chi connectivity index (χ4v) is 4.73. The third kappa shape index (κ3) is 3.24. The van der Waals surface area contributed by atoms with Crippen molar-refractivity contribution >= 4 is 10.0 Å². The van der Waals surface area contributed by atoms with Gasteiger partial charge in [-0.3, -0.25) is 9.58 Å². The van der Waals surface area contributed by atoms with Gasteiger partial charge < -0.3 is 4.57 Å². The van der Waals surface area contributed by atoms with Gasteiger partial charge in [0.2, 0.25) is 0 Å². The van der Waals surface area contributed by atoms with Crippen LogP contribution in [-0.2, 0) is 24.1 Å². The number of sulfonamides is 1. The average molecular weight is 352 g/mol. The highest BCUT2D eigenvalue weighted by Gasteiger charge is 2.33. The Morgan fingerprint density at radius 3 is 2.75 bits per heavy atom. The van der Waals surface area contributed by atoms with Crippen LogP contribution in [0.5, 0.6) is 0 Å². The van der Waals surface area contributed by atoms with Gasteiger partial charge in [0.1, 0.15) is 0 Å². The van der Waals surface area contributed by atoms with Crippen LogP contribution in [0.2, 0.25) is 0 Å². The van der Waals surface area contributed by atoms with Gasteiger partial charge in [-0.1, -0.05) is 0 Å². The molecule has 0 unspecified atom stereocenters. The second kappa shape index (κ2) is 6.66. The number of likely N-dealkylation sites (tertiary alicyclic amines) is 1. The van der Waals surface area contributed by atoms with E-state index in [0.29, 0.717) is 6.54 Å². The summed E-state index contributed by atoms with van der Waals surface area (Å²) in [5.74, 6) is 0.196. The van der Waals surface area contributed by atoms with Gasteiger partial charge in [0.15, 0.2) is 5.03 Å². The molecule has 0 bridgehead atoms. The third-order valence-corrected chi connectivity index (χ3v) is 6.25. The molecule has 0 saturated carbocycles. The van der Waals surface area contributed by atoms with Crippen molar-refractivity contribution in [2.45, 2.75) is 23.9 Å². The maximum atomic E-state index is 12.5. The van der Waals surface area contributed by atoms with Crippen molar-refractivity contribution in [3.63, 3.8) is 0 Å². The van der Waals surface area contributed by atoms with Crippen LogP contribution in [-0.4, -0.2) is 52.8 Å². The third-order valence-electron chi connectivity index (χ3n) is 4.75. The van der Waals surface area contributed by atoms with Gasteiger partial charge in [0, 0.05) is 26.8 Å². The minimum atomic E-state index is -3.56. The van der Waals surface area contributed by atoms with Crippen LogP contribution in [0, 0.1) is 5.92 Å². The van der Waals surface area contributed by atoms with Gasteiger partial charge in [0.25, 0.3) is 10.0 Å². The van der Waals surface area contributed by atoms with Crippen LogP contribution in [0.1, 0.15) is 24.6 Å². The molecule has 0 aliphatic carbocycles. The van der Waals surface area contributed by atoms with Crippen LogP contribution < -0.4 is 4.72 Å². The predicted octanol–water partition coefficient (Wildman–Crippen LogP) is 0.515. The lowest BCUT2D eigenvalue weighted by Crippen LogP contribution is -2.42. The first kappa shape index (κ1) is 17.1. The zero-order valence-electron chi connectivity index (χ0n) is 14.3. The molecule has 132 valence electrons. The second-order valence-electron chi connectivity index (χ2n) is 6.40. The Kier molecular flexibility index (Phi) is 4.75. The van der Waals surface area contributed by atoms with Crippen LogP contribution in [0.25, 0.3) is 0 Å². The number of aromatic nitrogens is 4. The van der Waals surface area contributed by atoms with E-state index in [0.717, 1.165) is 25.1 Å². The lowest BCUT2D eigenvalue weighted by atomic mass is 9.87. The zero-order valence-corrected chi connectivity index (χ0v) is 15.1. The molecule has 1 aliphatic rings. The highest BCUT2D eigenvalue weighted by Crippen LogP contribution is 2.34. The summed E-state index contributed by atoms with van der Waals surface area (Å²) in [4.78, 5) is 6.49. The molecule has 3 rings (SSSR count). The normalized spacial score (nSPS) is 22.8. The molecule has 0 amide bonds. The summed E-state index contributed by atoms with van der Waals surface area (Å²) in [7, 11) is 2.13. The number of aryl methyl sites for hydroxylation is 2. The molecule has 3 heterocycles. The number of hydrogen-bond donors (Lipinski definition) is 1. The van der Waals surface area contributed by atoms with E-state index in [2.05, 4.69) is 26.8 Å². The molecule has 8 nitrogen and oxygen atoms in total. The number of imidazole rings is 1. The summed E-state index contributed by atoms with van der Waals surface area (Å²) in [6.45, 7) is 1.40. The molecule has 1 N–H and O–H groups in total. The van der Waals surface area contributed by atoms with E-state index in [1.54, 1.807) is 13.4 Å². The van der Waals surface area contributed by atoms with Crippen LogP contribution in [0.4, 0.5) is 0 Å². The van der Waals surface area contributed by atoms with Gasteiger partial charge in [-0.2, -0.15) is 5.10 Å². The van der Waals surface area contributed by atoms with Gasteiger partial charge in [-0.25, -0.2) is 18.1 Å². The number of hydrogen-bond acceptors (Lipinski definition) is 5. The minimum absolute atomic E-state index is 0.153. The SMILES string of the molecule is CN1CCC[C@@H](CNS(=O)(=O)c2ccnn2C)[C@@H]1c1cncn1C. The standard InChI is InChI=1S/C15H24N6O2S/c1-19-8-4-5-12(15(19)13-10-16-11-20(13)2)9-18-24(22,23)14-6-7-17-21(14)3/h6-7,10-12,15,18H,4-5,8-9H2,1-3H3/t12-,15+/m0/s1. The fraction of sp³-hybridized carbons (Fsp3) is 0.600. The lowest BCUT2D eigenvalue weighted by Gasteiger charge is -2.39. The molecule has 0 aromatic carbocycles. The summed E-state index contributed by atoms with van der Waals surface area (Å²) in [6, 6.07) is 1.66.